The number of aromatic nitrogens is 2. The van der Waals surface area contributed by atoms with Crippen LogP contribution >= 0.6 is 0 Å². The second-order valence-electron chi connectivity index (χ2n) is 2.11. The van der Waals surface area contributed by atoms with Gasteiger partial charge < -0.3 is 4.84 Å². The summed E-state index contributed by atoms with van der Waals surface area (Å²) < 4.78 is 0. The molecular weight excluding hydrogens is 146 g/mol. The van der Waals surface area contributed by atoms with Gasteiger partial charge in [0.2, 0.25) is 0 Å². The maximum absolute atomic E-state index is 10.7. The number of fused-ring (bicyclic) bond motifs is 1. The van der Waals surface area contributed by atoms with Crippen LogP contribution in [0.1, 0.15) is 5.69 Å². The van der Waals surface area contributed by atoms with Gasteiger partial charge in [0.25, 0.3) is 11.8 Å². The average Bonchev–Trinajstić information content (AvgIpc) is 2.04. The van der Waals surface area contributed by atoms with Crippen LogP contribution in [0.15, 0.2) is 12.4 Å². The maximum Gasteiger partial charge on any atom is 0.268 e. The van der Waals surface area contributed by atoms with Crippen LogP contribution in [0.25, 0.3) is 0 Å². The summed E-state index contributed by atoms with van der Waals surface area (Å²) in [6, 6.07) is 0. The van der Waals surface area contributed by atoms with Gasteiger partial charge in [0.15, 0.2) is 0 Å². The van der Waals surface area contributed by atoms with E-state index in [2.05, 4.69) is 15.4 Å². The Morgan fingerprint density at radius 3 is 3.18 bits per heavy atom. The van der Waals surface area contributed by atoms with E-state index < -0.39 is 0 Å². The molecule has 0 fully saturated rings. The monoisotopic (exact) mass is 151 g/mol. The van der Waals surface area contributed by atoms with E-state index in [0.29, 0.717) is 11.6 Å². The molecule has 1 aromatic heterocycles. The van der Waals surface area contributed by atoms with Gasteiger partial charge in [-0.3, -0.25) is 9.78 Å². The molecule has 0 aliphatic carbocycles. The van der Waals surface area contributed by atoms with Crippen molar-refractivity contribution in [2.45, 2.75) is 6.42 Å². The first-order valence-electron chi connectivity index (χ1n) is 3.12. The maximum atomic E-state index is 10.7. The lowest BCUT2D eigenvalue weighted by atomic mass is 10.3. The topological polar surface area (TPSA) is 64.1 Å². The molecule has 5 heteroatoms. The third-order valence-electron chi connectivity index (χ3n) is 1.33. The van der Waals surface area contributed by atoms with Gasteiger partial charge in [0.05, 0.1) is 6.42 Å². The fourth-order valence-corrected chi connectivity index (χ4v) is 0.854. The highest BCUT2D eigenvalue weighted by Gasteiger charge is 2.17. The van der Waals surface area contributed by atoms with Crippen molar-refractivity contribution in [1.29, 1.82) is 0 Å². The quantitative estimate of drug-likeness (QED) is 0.540. The van der Waals surface area contributed by atoms with Gasteiger partial charge in [-0.2, -0.15) is 5.48 Å². The fraction of sp³-hybridized carbons (Fsp3) is 0.167. The van der Waals surface area contributed by atoms with E-state index in [4.69, 9.17) is 4.84 Å². The van der Waals surface area contributed by atoms with Crippen molar-refractivity contribution >= 4 is 5.91 Å². The number of nitrogens with zero attached hydrogens (tertiary/aromatic N) is 2. The van der Waals surface area contributed by atoms with Crippen molar-refractivity contribution < 1.29 is 9.63 Å². The van der Waals surface area contributed by atoms with Gasteiger partial charge in [-0.25, -0.2) is 4.98 Å². The van der Waals surface area contributed by atoms with Gasteiger partial charge in [0, 0.05) is 12.4 Å². The highest BCUT2D eigenvalue weighted by molar-refractivity contribution is 5.78. The summed E-state index contributed by atoms with van der Waals surface area (Å²) in [6.45, 7) is 0. The summed E-state index contributed by atoms with van der Waals surface area (Å²) in [4.78, 5) is 23.3. The predicted molar refractivity (Wildman–Crippen MR) is 34.5 cm³/mol. The van der Waals surface area contributed by atoms with Gasteiger partial charge >= 0.3 is 0 Å². The first-order valence-corrected chi connectivity index (χ1v) is 3.12. The Morgan fingerprint density at radius 2 is 2.27 bits per heavy atom. The zero-order valence-electron chi connectivity index (χ0n) is 5.57. The number of carbonyl (C=O) groups is 1. The van der Waals surface area contributed by atoms with Crippen molar-refractivity contribution in [2.24, 2.45) is 0 Å². The molecule has 0 saturated carbocycles. The van der Waals surface area contributed by atoms with Crippen LogP contribution in [-0.2, 0) is 11.2 Å². The third-order valence-corrected chi connectivity index (χ3v) is 1.33. The minimum Gasteiger partial charge on any atom is -0.357 e. The molecule has 0 radical (unpaired) electrons. The van der Waals surface area contributed by atoms with Crippen LogP contribution in [0.2, 0.25) is 0 Å². The Bertz CT molecular complexity index is 300. The number of carbonyl (C=O) groups excluding carboxylic acids is 1. The minimum atomic E-state index is -0.196. The zero-order chi connectivity index (χ0) is 7.68. The predicted octanol–water partition coefficient (Wildman–Crippen LogP) is -0.557. The molecule has 0 spiro atoms. The zero-order valence-corrected chi connectivity index (χ0v) is 5.57. The summed E-state index contributed by atoms with van der Waals surface area (Å²) >= 11 is 0. The number of amides is 1. The van der Waals surface area contributed by atoms with Gasteiger partial charge in [-0.15, -0.1) is 0 Å². The van der Waals surface area contributed by atoms with E-state index in [1.807, 2.05) is 0 Å². The molecule has 1 N–H and O–H groups in total. The molecule has 1 aliphatic heterocycles. The van der Waals surface area contributed by atoms with E-state index >= 15 is 0 Å². The molecule has 0 saturated heterocycles. The molecule has 1 amide bonds. The largest absolute Gasteiger partial charge is 0.357 e. The highest BCUT2D eigenvalue weighted by atomic mass is 16.7. The number of hydroxylamine groups is 1. The summed E-state index contributed by atoms with van der Waals surface area (Å²) in [5.74, 6) is 0.185. The molecule has 2 rings (SSSR count). The average molecular weight is 151 g/mol. The van der Waals surface area contributed by atoms with E-state index in [-0.39, 0.29) is 12.3 Å². The van der Waals surface area contributed by atoms with Crippen LogP contribution in [0.5, 0.6) is 5.88 Å². The molecule has 0 aromatic carbocycles. The standard InChI is InChI=1S/C6H5N3O2/c10-5-3-4-6(11-9-5)8-2-1-7-4/h1-2H,3H2,(H,9,10). The molecule has 0 atom stereocenters. The number of hydrogen-bond acceptors (Lipinski definition) is 4. The minimum absolute atomic E-state index is 0.196. The molecular formula is C6H5N3O2. The Balaban J connectivity index is 2.41. The van der Waals surface area contributed by atoms with Gasteiger partial charge in [-0.1, -0.05) is 0 Å². The summed E-state index contributed by atoms with van der Waals surface area (Å²) in [7, 11) is 0. The third kappa shape index (κ3) is 1.000. The van der Waals surface area contributed by atoms with Crippen LogP contribution in [0, 0.1) is 0 Å². The van der Waals surface area contributed by atoms with E-state index in [9.17, 15) is 4.79 Å². The second kappa shape index (κ2) is 2.19. The van der Waals surface area contributed by atoms with E-state index in [1.54, 1.807) is 0 Å². The van der Waals surface area contributed by atoms with Crippen molar-refractivity contribution in [3.63, 3.8) is 0 Å². The van der Waals surface area contributed by atoms with Crippen LogP contribution < -0.4 is 10.3 Å². The smallest absolute Gasteiger partial charge is 0.268 e. The molecule has 5 nitrogen and oxygen atoms in total. The lowest BCUT2D eigenvalue weighted by Gasteiger charge is -2.13. The van der Waals surface area contributed by atoms with Crippen molar-refractivity contribution in [1.82, 2.24) is 15.4 Å². The summed E-state index contributed by atoms with van der Waals surface area (Å²) in [6.07, 6.45) is 3.28. The van der Waals surface area contributed by atoms with Gasteiger partial charge in [0.1, 0.15) is 5.69 Å². The number of nitrogens with one attached hydrogen (secondary N) is 1. The number of hydrogen-bond donors (Lipinski definition) is 1. The van der Waals surface area contributed by atoms with Crippen molar-refractivity contribution in [3.05, 3.63) is 18.1 Å². The Labute approximate surface area is 62.4 Å². The molecule has 56 valence electrons. The Hall–Kier alpha value is -1.65. The molecule has 11 heavy (non-hydrogen) atoms. The Kier molecular flexibility index (Phi) is 1.21. The molecule has 1 aromatic rings. The first-order chi connectivity index (χ1) is 5.36. The molecule has 0 bridgehead atoms. The second-order valence-corrected chi connectivity index (χ2v) is 2.11. The van der Waals surface area contributed by atoms with Crippen molar-refractivity contribution in [2.75, 3.05) is 0 Å². The Morgan fingerprint density at radius 1 is 1.45 bits per heavy atom. The van der Waals surface area contributed by atoms with Crippen LogP contribution in [0.4, 0.5) is 0 Å². The summed E-state index contributed by atoms with van der Waals surface area (Å²) in [5.41, 5.74) is 2.78. The lowest BCUT2D eigenvalue weighted by Crippen LogP contribution is -2.34. The van der Waals surface area contributed by atoms with Crippen LogP contribution in [0.3, 0.4) is 0 Å². The fourth-order valence-electron chi connectivity index (χ4n) is 0.854. The molecule has 2 heterocycles. The highest BCUT2D eigenvalue weighted by Crippen LogP contribution is 2.13. The molecule has 1 aliphatic rings. The summed E-state index contributed by atoms with van der Waals surface area (Å²) in [5, 5.41) is 0. The number of rotatable bonds is 0. The van der Waals surface area contributed by atoms with Gasteiger partial charge in [-0.05, 0) is 0 Å². The normalized spacial score (nSPS) is 14.7. The first kappa shape index (κ1) is 6.09. The molecule has 0 unspecified atom stereocenters. The lowest BCUT2D eigenvalue weighted by molar-refractivity contribution is -0.128. The van der Waals surface area contributed by atoms with Crippen molar-refractivity contribution in [3.8, 4) is 5.88 Å². The SMILES string of the molecule is O=C1Cc2nccnc2ON1. The van der Waals surface area contributed by atoms with E-state index in [0.717, 1.165) is 0 Å². The van der Waals surface area contributed by atoms with E-state index in [1.165, 1.54) is 12.4 Å². The van der Waals surface area contributed by atoms with Crippen LogP contribution in [-0.4, -0.2) is 15.9 Å².